The number of aliphatic hydroxyl groups excluding tert-OH is 1. The fraction of sp³-hybridized carbons (Fsp3) is 0.259. The molecule has 2 heterocycles. The zero-order valence-corrected chi connectivity index (χ0v) is 19.4. The normalized spacial score (nSPS) is 17.8. The molecule has 1 amide bonds. The van der Waals surface area contributed by atoms with Crippen molar-refractivity contribution in [3.8, 4) is 5.75 Å². The van der Waals surface area contributed by atoms with Crippen molar-refractivity contribution in [1.29, 1.82) is 0 Å². The van der Waals surface area contributed by atoms with E-state index in [-0.39, 0.29) is 17.3 Å². The van der Waals surface area contributed by atoms with Gasteiger partial charge in [-0.1, -0.05) is 32.0 Å². The maximum atomic E-state index is 13.3. The maximum Gasteiger partial charge on any atom is 0.300 e. The van der Waals surface area contributed by atoms with Crippen LogP contribution >= 0.6 is 0 Å². The molecule has 1 unspecified atom stereocenters. The molecule has 1 saturated heterocycles. The fourth-order valence-electron chi connectivity index (χ4n) is 4.36. The van der Waals surface area contributed by atoms with Crippen LogP contribution in [0.3, 0.4) is 0 Å². The van der Waals surface area contributed by atoms with Crippen molar-refractivity contribution in [2.75, 3.05) is 12.0 Å². The first-order valence-corrected chi connectivity index (χ1v) is 10.8. The molecule has 0 radical (unpaired) electrons. The lowest BCUT2D eigenvalue weighted by atomic mass is 9.92. The summed E-state index contributed by atoms with van der Waals surface area (Å²) in [5.74, 6) is -0.451. The zero-order chi connectivity index (χ0) is 23.9. The summed E-state index contributed by atoms with van der Waals surface area (Å²) in [7, 11) is 1.60. The van der Waals surface area contributed by atoms with Crippen LogP contribution in [0.4, 0.5) is 5.69 Å². The Morgan fingerprint density at radius 2 is 1.79 bits per heavy atom. The number of aliphatic hydroxyl groups is 1. The van der Waals surface area contributed by atoms with Gasteiger partial charge in [0.25, 0.3) is 11.7 Å². The van der Waals surface area contributed by atoms with Gasteiger partial charge in [-0.25, -0.2) is 0 Å². The molecule has 1 aliphatic heterocycles. The minimum atomic E-state index is -0.884. The highest BCUT2D eigenvalue weighted by Crippen LogP contribution is 2.44. The number of anilines is 1. The van der Waals surface area contributed by atoms with Gasteiger partial charge in [0.15, 0.2) is 0 Å². The quantitative estimate of drug-likeness (QED) is 0.312. The molecule has 0 aliphatic carbocycles. The lowest BCUT2D eigenvalue weighted by molar-refractivity contribution is -0.132. The SMILES string of the molecule is COc1cc(C)c(/C(O)=C2\C(=O)C(=O)N(c3ccccc3C)C2c2ccco2)cc1C(C)C. The Morgan fingerprint density at radius 1 is 1.06 bits per heavy atom. The Bertz CT molecular complexity index is 1250. The van der Waals surface area contributed by atoms with Crippen LogP contribution < -0.4 is 9.64 Å². The first-order chi connectivity index (χ1) is 15.8. The van der Waals surface area contributed by atoms with Crippen molar-refractivity contribution < 1.29 is 23.8 Å². The number of benzene rings is 2. The van der Waals surface area contributed by atoms with E-state index in [2.05, 4.69) is 0 Å². The number of hydrogen-bond acceptors (Lipinski definition) is 5. The molecule has 33 heavy (non-hydrogen) atoms. The summed E-state index contributed by atoms with van der Waals surface area (Å²) in [6, 6.07) is 13.5. The van der Waals surface area contributed by atoms with Crippen LogP contribution in [-0.2, 0) is 9.59 Å². The zero-order valence-electron chi connectivity index (χ0n) is 19.4. The molecule has 0 spiro atoms. The Kier molecular flexibility index (Phi) is 5.85. The molecule has 1 fully saturated rings. The maximum absolute atomic E-state index is 13.3. The topological polar surface area (TPSA) is 80.0 Å². The average Bonchev–Trinajstić information content (AvgIpc) is 3.40. The predicted octanol–water partition coefficient (Wildman–Crippen LogP) is 5.65. The summed E-state index contributed by atoms with van der Waals surface area (Å²) in [4.78, 5) is 27.9. The largest absolute Gasteiger partial charge is 0.507 e. The third-order valence-corrected chi connectivity index (χ3v) is 6.09. The predicted molar refractivity (Wildman–Crippen MR) is 126 cm³/mol. The van der Waals surface area contributed by atoms with Gasteiger partial charge in [0.05, 0.1) is 18.9 Å². The van der Waals surface area contributed by atoms with Gasteiger partial charge in [0.1, 0.15) is 23.3 Å². The molecule has 3 aromatic rings. The highest BCUT2D eigenvalue weighted by molar-refractivity contribution is 6.51. The average molecular weight is 446 g/mol. The molecule has 170 valence electrons. The first kappa shape index (κ1) is 22.4. The number of nitrogens with zero attached hydrogens (tertiary/aromatic N) is 1. The number of ether oxygens (including phenoxy) is 1. The Morgan fingerprint density at radius 3 is 2.39 bits per heavy atom. The van der Waals surface area contributed by atoms with E-state index in [1.54, 1.807) is 25.3 Å². The molecule has 1 aromatic heterocycles. The molecule has 2 aromatic carbocycles. The number of aryl methyl sites for hydroxylation is 2. The van der Waals surface area contributed by atoms with Gasteiger partial charge in [-0.05, 0) is 66.8 Å². The highest BCUT2D eigenvalue weighted by Gasteiger charge is 2.48. The van der Waals surface area contributed by atoms with E-state index < -0.39 is 17.7 Å². The second-order valence-electron chi connectivity index (χ2n) is 8.53. The first-order valence-electron chi connectivity index (χ1n) is 10.8. The van der Waals surface area contributed by atoms with Crippen molar-refractivity contribution in [1.82, 2.24) is 0 Å². The van der Waals surface area contributed by atoms with Gasteiger partial charge in [-0.3, -0.25) is 14.5 Å². The highest BCUT2D eigenvalue weighted by atomic mass is 16.5. The molecule has 0 bridgehead atoms. The van der Waals surface area contributed by atoms with Crippen LogP contribution in [0.5, 0.6) is 5.75 Å². The standard InChI is InChI=1S/C27H27NO5/c1-15(2)18-14-19(17(4)13-22(18)32-5)25(29)23-24(21-11-8-12-33-21)28(27(31)26(23)30)20-10-7-6-9-16(20)3/h6-15,24,29H,1-5H3/b25-23+. The number of amides is 1. The monoisotopic (exact) mass is 445 g/mol. The van der Waals surface area contributed by atoms with Gasteiger partial charge < -0.3 is 14.3 Å². The van der Waals surface area contributed by atoms with Crippen molar-refractivity contribution in [3.05, 3.63) is 88.4 Å². The number of furan rings is 1. The summed E-state index contributed by atoms with van der Waals surface area (Å²) in [5.41, 5.74) is 3.54. The van der Waals surface area contributed by atoms with Crippen LogP contribution in [0.15, 0.2) is 64.8 Å². The number of carbonyl (C=O) groups is 2. The molecule has 1 atom stereocenters. The third kappa shape index (κ3) is 3.71. The van der Waals surface area contributed by atoms with E-state index in [1.165, 1.54) is 11.2 Å². The van der Waals surface area contributed by atoms with E-state index in [9.17, 15) is 14.7 Å². The Labute approximate surface area is 193 Å². The molecule has 6 heteroatoms. The van der Waals surface area contributed by atoms with Crippen LogP contribution in [0, 0.1) is 13.8 Å². The Hall–Kier alpha value is -3.80. The van der Waals surface area contributed by atoms with E-state index >= 15 is 0 Å². The van der Waals surface area contributed by atoms with Gasteiger partial charge in [0, 0.05) is 11.3 Å². The minimum absolute atomic E-state index is 0.00109. The molecule has 4 rings (SSSR count). The molecular weight excluding hydrogens is 418 g/mol. The van der Waals surface area contributed by atoms with Crippen molar-refractivity contribution in [3.63, 3.8) is 0 Å². The lowest BCUT2D eigenvalue weighted by Crippen LogP contribution is -2.29. The molecule has 1 aliphatic rings. The van der Waals surface area contributed by atoms with Crippen molar-refractivity contribution >= 4 is 23.1 Å². The van der Waals surface area contributed by atoms with Gasteiger partial charge >= 0.3 is 0 Å². The number of methoxy groups -OCH3 is 1. The third-order valence-electron chi connectivity index (χ3n) is 6.09. The van der Waals surface area contributed by atoms with Crippen LogP contribution in [0.1, 0.15) is 53.8 Å². The van der Waals surface area contributed by atoms with Crippen molar-refractivity contribution in [2.45, 2.75) is 39.7 Å². The molecule has 1 N–H and O–H groups in total. The van der Waals surface area contributed by atoms with E-state index in [1.807, 2.05) is 58.0 Å². The smallest absolute Gasteiger partial charge is 0.300 e. The van der Waals surface area contributed by atoms with Crippen LogP contribution in [0.25, 0.3) is 5.76 Å². The van der Waals surface area contributed by atoms with Crippen LogP contribution in [0.2, 0.25) is 0 Å². The number of ketones is 1. The summed E-state index contributed by atoms with van der Waals surface area (Å²) in [5, 5.41) is 11.5. The fourth-order valence-corrected chi connectivity index (χ4v) is 4.36. The summed E-state index contributed by atoms with van der Waals surface area (Å²) in [6.07, 6.45) is 1.49. The summed E-state index contributed by atoms with van der Waals surface area (Å²) in [6.45, 7) is 7.76. The Balaban J connectivity index is 1.98. The molecule has 0 saturated carbocycles. The van der Waals surface area contributed by atoms with Gasteiger partial charge in [0.2, 0.25) is 0 Å². The van der Waals surface area contributed by atoms with Crippen molar-refractivity contribution in [2.24, 2.45) is 0 Å². The number of hydrogen-bond donors (Lipinski definition) is 1. The second-order valence-corrected chi connectivity index (χ2v) is 8.53. The second kappa shape index (κ2) is 8.62. The number of carbonyl (C=O) groups excluding carboxylic acids is 2. The number of Topliss-reactive ketones (excluding diaryl/α,β-unsaturated/α-hetero) is 1. The van der Waals surface area contributed by atoms with Crippen LogP contribution in [-0.4, -0.2) is 23.9 Å². The molecular formula is C27H27NO5. The summed E-state index contributed by atoms with van der Waals surface area (Å²) >= 11 is 0. The summed E-state index contributed by atoms with van der Waals surface area (Å²) < 4.78 is 11.2. The van der Waals surface area contributed by atoms with E-state index in [0.29, 0.717) is 22.8 Å². The van der Waals surface area contributed by atoms with E-state index in [0.717, 1.165) is 16.7 Å². The van der Waals surface area contributed by atoms with E-state index in [4.69, 9.17) is 9.15 Å². The number of rotatable bonds is 5. The molecule has 6 nitrogen and oxygen atoms in total. The van der Waals surface area contributed by atoms with Gasteiger partial charge in [-0.2, -0.15) is 0 Å². The lowest BCUT2D eigenvalue weighted by Gasteiger charge is -2.25. The number of para-hydroxylation sites is 1. The minimum Gasteiger partial charge on any atom is -0.507 e. The van der Waals surface area contributed by atoms with Gasteiger partial charge in [-0.15, -0.1) is 0 Å².